The number of sulfone groups is 1. The monoisotopic (exact) mass is 376 g/mol. The number of ether oxygens (including phenoxy) is 2. The van der Waals surface area contributed by atoms with Crippen molar-refractivity contribution in [2.45, 2.75) is 37.7 Å². The zero-order valence-electron chi connectivity index (χ0n) is 15.1. The molecule has 6 heteroatoms. The van der Waals surface area contributed by atoms with Crippen LogP contribution in [0.2, 0.25) is 0 Å². The summed E-state index contributed by atoms with van der Waals surface area (Å²) in [6, 6.07) is 13.3. The Morgan fingerprint density at radius 2 is 1.58 bits per heavy atom. The highest BCUT2D eigenvalue weighted by atomic mass is 32.2. The summed E-state index contributed by atoms with van der Waals surface area (Å²) in [6.07, 6.45) is 1.95. The fraction of sp³-hybridized carbons (Fsp3) is 0.350. The van der Waals surface area contributed by atoms with Gasteiger partial charge in [0.2, 0.25) is 0 Å². The van der Waals surface area contributed by atoms with Gasteiger partial charge in [-0.25, -0.2) is 8.42 Å². The molecule has 0 spiro atoms. The van der Waals surface area contributed by atoms with Gasteiger partial charge < -0.3 is 9.47 Å². The lowest BCUT2D eigenvalue weighted by Crippen LogP contribution is -2.10. The standard InChI is InChI=1S/C20H24O5S/c1-3-5-14-24-17-8-10-18(11-9-17)25-20(15-21)16-6-12-19(13-7-16)26(22,23)4-2/h6-13,15,20H,3-5,14H2,1-2H3. The molecule has 0 saturated heterocycles. The minimum Gasteiger partial charge on any atom is -0.494 e. The maximum absolute atomic E-state index is 11.9. The molecule has 1 unspecified atom stereocenters. The number of hydrogen-bond donors (Lipinski definition) is 0. The molecule has 0 fully saturated rings. The van der Waals surface area contributed by atoms with Gasteiger partial charge in [0, 0.05) is 0 Å². The molecule has 2 aromatic carbocycles. The molecule has 5 nitrogen and oxygen atoms in total. The van der Waals surface area contributed by atoms with Crippen LogP contribution in [0.5, 0.6) is 11.5 Å². The zero-order valence-corrected chi connectivity index (χ0v) is 15.9. The first-order chi connectivity index (χ1) is 12.5. The Labute approximate surface area is 154 Å². The first-order valence-corrected chi connectivity index (χ1v) is 10.3. The third-order valence-electron chi connectivity index (χ3n) is 3.92. The highest BCUT2D eigenvalue weighted by Crippen LogP contribution is 2.24. The molecule has 0 aromatic heterocycles. The maximum Gasteiger partial charge on any atom is 0.179 e. The third kappa shape index (κ3) is 5.33. The Morgan fingerprint density at radius 3 is 2.12 bits per heavy atom. The van der Waals surface area contributed by atoms with Crippen molar-refractivity contribution in [3.05, 3.63) is 54.1 Å². The van der Waals surface area contributed by atoms with Crippen LogP contribution in [0.4, 0.5) is 0 Å². The molecule has 0 aliphatic heterocycles. The van der Waals surface area contributed by atoms with Crippen molar-refractivity contribution in [1.29, 1.82) is 0 Å². The van der Waals surface area contributed by atoms with E-state index < -0.39 is 15.9 Å². The van der Waals surface area contributed by atoms with E-state index in [1.54, 1.807) is 43.3 Å². The molecule has 1 atom stereocenters. The van der Waals surface area contributed by atoms with E-state index in [1.807, 2.05) is 0 Å². The van der Waals surface area contributed by atoms with Crippen LogP contribution in [0.25, 0.3) is 0 Å². The summed E-state index contributed by atoms with van der Waals surface area (Å²) >= 11 is 0. The fourth-order valence-corrected chi connectivity index (χ4v) is 3.19. The number of rotatable bonds is 10. The molecule has 0 N–H and O–H groups in total. The topological polar surface area (TPSA) is 69.7 Å². The molecule has 140 valence electrons. The van der Waals surface area contributed by atoms with Gasteiger partial charge in [0.05, 0.1) is 17.3 Å². The summed E-state index contributed by atoms with van der Waals surface area (Å²) in [5, 5.41) is 0. The largest absolute Gasteiger partial charge is 0.494 e. The van der Waals surface area contributed by atoms with Gasteiger partial charge in [-0.3, -0.25) is 4.79 Å². The second-order valence-corrected chi connectivity index (χ2v) is 8.10. The highest BCUT2D eigenvalue weighted by Gasteiger charge is 2.15. The number of benzene rings is 2. The molecule has 0 amide bonds. The van der Waals surface area contributed by atoms with Crippen LogP contribution in [0.15, 0.2) is 53.4 Å². The van der Waals surface area contributed by atoms with E-state index in [1.165, 1.54) is 12.1 Å². The molecule has 0 saturated carbocycles. The molecule has 0 aliphatic carbocycles. The predicted molar refractivity (Wildman–Crippen MR) is 100 cm³/mol. The minimum absolute atomic E-state index is 0.0344. The quantitative estimate of drug-likeness (QED) is 0.463. The van der Waals surface area contributed by atoms with Crippen molar-refractivity contribution >= 4 is 16.1 Å². The maximum atomic E-state index is 11.9. The summed E-state index contributed by atoms with van der Waals surface area (Å²) in [7, 11) is -3.26. The molecular formula is C20H24O5S. The summed E-state index contributed by atoms with van der Waals surface area (Å²) in [5.41, 5.74) is 0.596. The van der Waals surface area contributed by atoms with Crippen molar-refractivity contribution in [1.82, 2.24) is 0 Å². The first-order valence-electron chi connectivity index (χ1n) is 8.67. The van der Waals surface area contributed by atoms with E-state index in [0.717, 1.165) is 18.6 Å². The van der Waals surface area contributed by atoms with E-state index in [9.17, 15) is 13.2 Å². The minimum atomic E-state index is -3.26. The number of aldehydes is 1. The number of carbonyl (C=O) groups excluding carboxylic acids is 1. The molecule has 0 bridgehead atoms. The second kappa shape index (κ2) is 9.38. The summed E-state index contributed by atoms with van der Waals surface area (Å²) in [6.45, 7) is 4.36. The molecular weight excluding hydrogens is 352 g/mol. The molecule has 0 heterocycles. The fourth-order valence-electron chi connectivity index (χ4n) is 2.30. The van der Waals surface area contributed by atoms with Crippen LogP contribution >= 0.6 is 0 Å². The Balaban J connectivity index is 2.06. The average molecular weight is 376 g/mol. The Hall–Kier alpha value is -2.34. The van der Waals surface area contributed by atoms with E-state index in [2.05, 4.69) is 6.92 Å². The van der Waals surface area contributed by atoms with E-state index in [0.29, 0.717) is 24.2 Å². The smallest absolute Gasteiger partial charge is 0.179 e. The van der Waals surface area contributed by atoms with E-state index >= 15 is 0 Å². The summed E-state index contributed by atoms with van der Waals surface area (Å²) < 4.78 is 35.0. The van der Waals surface area contributed by atoms with Crippen molar-refractivity contribution in [2.24, 2.45) is 0 Å². The molecule has 2 rings (SSSR count). The summed E-state index contributed by atoms with van der Waals surface area (Å²) in [4.78, 5) is 11.7. The number of unbranched alkanes of at least 4 members (excludes halogenated alkanes) is 1. The van der Waals surface area contributed by atoms with Crippen LogP contribution in [0.1, 0.15) is 38.4 Å². The van der Waals surface area contributed by atoms with Crippen LogP contribution < -0.4 is 9.47 Å². The lowest BCUT2D eigenvalue weighted by Gasteiger charge is -2.15. The van der Waals surface area contributed by atoms with Crippen molar-refractivity contribution in [3.63, 3.8) is 0 Å². The summed E-state index contributed by atoms with van der Waals surface area (Å²) in [5.74, 6) is 1.32. The van der Waals surface area contributed by atoms with Gasteiger partial charge in [0.15, 0.2) is 22.2 Å². The first kappa shape index (κ1) is 20.0. The predicted octanol–water partition coefficient (Wildman–Crippen LogP) is 3.98. The third-order valence-corrected chi connectivity index (χ3v) is 5.68. The molecule has 26 heavy (non-hydrogen) atoms. The van der Waals surface area contributed by atoms with Gasteiger partial charge in [-0.15, -0.1) is 0 Å². The van der Waals surface area contributed by atoms with E-state index in [-0.39, 0.29) is 10.6 Å². The number of hydrogen-bond acceptors (Lipinski definition) is 5. The van der Waals surface area contributed by atoms with Crippen molar-refractivity contribution in [3.8, 4) is 11.5 Å². The van der Waals surface area contributed by atoms with Crippen LogP contribution in [0, 0.1) is 0 Å². The Morgan fingerprint density at radius 1 is 0.962 bits per heavy atom. The number of carbonyl (C=O) groups is 1. The van der Waals surface area contributed by atoms with Gasteiger partial charge in [-0.1, -0.05) is 32.4 Å². The van der Waals surface area contributed by atoms with Gasteiger partial charge in [0.25, 0.3) is 0 Å². The zero-order chi connectivity index (χ0) is 19.0. The van der Waals surface area contributed by atoms with Crippen molar-refractivity contribution < 1.29 is 22.7 Å². The van der Waals surface area contributed by atoms with Gasteiger partial charge >= 0.3 is 0 Å². The van der Waals surface area contributed by atoms with Gasteiger partial charge in [0.1, 0.15) is 11.5 Å². The van der Waals surface area contributed by atoms with Crippen molar-refractivity contribution in [2.75, 3.05) is 12.4 Å². The molecule has 2 aromatic rings. The van der Waals surface area contributed by atoms with Gasteiger partial charge in [-0.05, 0) is 48.4 Å². The average Bonchev–Trinajstić information content (AvgIpc) is 2.67. The Bertz CT molecular complexity index is 795. The van der Waals surface area contributed by atoms with Gasteiger partial charge in [-0.2, -0.15) is 0 Å². The van der Waals surface area contributed by atoms with Crippen LogP contribution in [0.3, 0.4) is 0 Å². The lowest BCUT2D eigenvalue weighted by molar-refractivity contribution is -0.113. The lowest BCUT2D eigenvalue weighted by atomic mass is 10.1. The van der Waals surface area contributed by atoms with Crippen LogP contribution in [-0.4, -0.2) is 27.1 Å². The Kier molecular flexibility index (Phi) is 7.21. The molecule has 0 radical (unpaired) electrons. The highest BCUT2D eigenvalue weighted by molar-refractivity contribution is 7.91. The normalized spacial score (nSPS) is 12.4. The SMILES string of the molecule is CCCCOc1ccc(OC(C=O)c2ccc(S(=O)(=O)CC)cc2)cc1. The van der Waals surface area contributed by atoms with Crippen LogP contribution in [-0.2, 0) is 14.6 Å². The molecule has 0 aliphatic rings. The van der Waals surface area contributed by atoms with E-state index in [4.69, 9.17) is 9.47 Å². The second-order valence-electron chi connectivity index (χ2n) is 5.82.